The molecular weight excluding hydrogens is 170 g/mol. The topological polar surface area (TPSA) is 29.1 Å². The first-order valence-electron chi connectivity index (χ1n) is 2.73. The standard InChI is InChI=1S/C6H6ClNOS/c7-6(9)3-8-5-1-2-10-4-5/h1-2,4,8H,3H2. The van der Waals surface area contributed by atoms with Gasteiger partial charge in [-0.1, -0.05) is 0 Å². The van der Waals surface area contributed by atoms with Crippen molar-refractivity contribution in [3.63, 3.8) is 0 Å². The molecule has 0 saturated carbocycles. The molecule has 0 aliphatic rings. The van der Waals surface area contributed by atoms with Crippen molar-refractivity contribution in [2.24, 2.45) is 0 Å². The third-order valence-electron chi connectivity index (χ3n) is 0.953. The fourth-order valence-electron chi connectivity index (χ4n) is 0.537. The van der Waals surface area contributed by atoms with E-state index in [1.165, 1.54) is 0 Å². The fourth-order valence-corrected chi connectivity index (χ4v) is 1.22. The van der Waals surface area contributed by atoms with Crippen LogP contribution >= 0.6 is 22.9 Å². The summed E-state index contributed by atoms with van der Waals surface area (Å²) < 4.78 is 0. The molecule has 1 heterocycles. The molecule has 0 saturated heterocycles. The Morgan fingerprint density at radius 3 is 3.10 bits per heavy atom. The maximum absolute atomic E-state index is 10.2. The summed E-state index contributed by atoms with van der Waals surface area (Å²) in [7, 11) is 0. The first kappa shape index (κ1) is 7.57. The van der Waals surface area contributed by atoms with E-state index in [0.29, 0.717) is 0 Å². The van der Waals surface area contributed by atoms with Crippen molar-refractivity contribution >= 4 is 33.9 Å². The van der Waals surface area contributed by atoms with Crippen LogP contribution in [-0.2, 0) is 4.79 Å². The predicted octanol–water partition coefficient (Wildman–Crippen LogP) is 1.93. The highest BCUT2D eigenvalue weighted by Crippen LogP contribution is 2.10. The molecule has 0 bridgehead atoms. The Bertz CT molecular complexity index is 210. The summed E-state index contributed by atoms with van der Waals surface area (Å²) in [4.78, 5) is 10.2. The average Bonchev–Trinajstić information content (AvgIpc) is 2.34. The van der Waals surface area contributed by atoms with E-state index in [1.807, 2.05) is 16.8 Å². The lowest BCUT2D eigenvalue weighted by atomic mass is 10.5. The third kappa shape index (κ3) is 2.37. The Balaban J connectivity index is 2.35. The van der Waals surface area contributed by atoms with Gasteiger partial charge < -0.3 is 5.32 Å². The Kier molecular flexibility index (Phi) is 2.71. The van der Waals surface area contributed by atoms with Crippen LogP contribution in [0.15, 0.2) is 16.8 Å². The Hall–Kier alpha value is -0.540. The van der Waals surface area contributed by atoms with E-state index >= 15 is 0 Å². The van der Waals surface area contributed by atoms with Gasteiger partial charge in [-0.3, -0.25) is 4.79 Å². The van der Waals surface area contributed by atoms with Crippen molar-refractivity contribution in [2.45, 2.75) is 0 Å². The lowest BCUT2D eigenvalue weighted by molar-refractivity contribution is -0.110. The molecule has 1 aromatic heterocycles. The SMILES string of the molecule is O=C(Cl)CNc1ccsc1. The normalized spacial score (nSPS) is 9.30. The van der Waals surface area contributed by atoms with Gasteiger partial charge in [-0.05, 0) is 23.0 Å². The smallest absolute Gasteiger partial charge is 0.240 e. The van der Waals surface area contributed by atoms with Crippen LogP contribution in [0.4, 0.5) is 5.69 Å². The summed E-state index contributed by atoms with van der Waals surface area (Å²) in [5, 5.41) is 6.33. The highest BCUT2D eigenvalue weighted by molar-refractivity contribution is 7.08. The van der Waals surface area contributed by atoms with E-state index in [2.05, 4.69) is 5.32 Å². The minimum absolute atomic E-state index is 0.193. The molecule has 0 radical (unpaired) electrons. The number of carbonyl (C=O) groups is 1. The lowest BCUT2D eigenvalue weighted by Crippen LogP contribution is -2.06. The Morgan fingerprint density at radius 2 is 2.60 bits per heavy atom. The highest BCUT2D eigenvalue weighted by atomic mass is 35.5. The molecule has 0 amide bonds. The van der Waals surface area contributed by atoms with Crippen LogP contribution in [0.5, 0.6) is 0 Å². The van der Waals surface area contributed by atoms with Gasteiger partial charge >= 0.3 is 0 Å². The molecule has 0 aliphatic carbocycles. The number of hydrogen-bond donors (Lipinski definition) is 1. The first-order chi connectivity index (χ1) is 4.79. The third-order valence-corrected chi connectivity index (χ3v) is 1.77. The van der Waals surface area contributed by atoms with Gasteiger partial charge in [-0.25, -0.2) is 0 Å². The maximum Gasteiger partial charge on any atom is 0.240 e. The molecule has 1 rings (SSSR count). The minimum Gasteiger partial charge on any atom is -0.376 e. The molecule has 0 unspecified atom stereocenters. The van der Waals surface area contributed by atoms with Crippen LogP contribution < -0.4 is 5.32 Å². The van der Waals surface area contributed by atoms with Crippen LogP contribution in [0.25, 0.3) is 0 Å². The van der Waals surface area contributed by atoms with Crippen LogP contribution in [0.1, 0.15) is 0 Å². The molecule has 0 aliphatic heterocycles. The quantitative estimate of drug-likeness (QED) is 0.712. The number of anilines is 1. The number of nitrogens with one attached hydrogen (secondary N) is 1. The number of hydrogen-bond acceptors (Lipinski definition) is 3. The van der Waals surface area contributed by atoms with Crippen molar-refractivity contribution in [1.29, 1.82) is 0 Å². The molecule has 54 valence electrons. The molecule has 1 aromatic rings. The molecule has 0 atom stereocenters. The summed E-state index contributed by atoms with van der Waals surface area (Å²) in [6, 6.07) is 1.89. The molecule has 0 fully saturated rings. The van der Waals surface area contributed by atoms with E-state index in [9.17, 15) is 4.79 Å². The summed E-state index contributed by atoms with van der Waals surface area (Å²) in [6.07, 6.45) is 0. The largest absolute Gasteiger partial charge is 0.376 e. The minimum atomic E-state index is -0.369. The van der Waals surface area contributed by atoms with Gasteiger partial charge in [0.2, 0.25) is 5.24 Å². The molecule has 0 spiro atoms. The molecule has 2 nitrogen and oxygen atoms in total. The van der Waals surface area contributed by atoms with Crippen LogP contribution in [-0.4, -0.2) is 11.8 Å². The van der Waals surface area contributed by atoms with Crippen molar-refractivity contribution < 1.29 is 4.79 Å². The molecule has 4 heteroatoms. The zero-order valence-electron chi connectivity index (χ0n) is 5.13. The fraction of sp³-hybridized carbons (Fsp3) is 0.167. The summed E-state index contributed by atoms with van der Waals surface area (Å²) in [6.45, 7) is 0.193. The van der Waals surface area contributed by atoms with Crippen molar-refractivity contribution in [3.05, 3.63) is 16.8 Å². The second kappa shape index (κ2) is 3.58. The van der Waals surface area contributed by atoms with E-state index < -0.39 is 0 Å². The zero-order valence-corrected chi connectivity index (χ0v) is 6.71. The molecule has 0 aromatic carbocycles. The first-order valence-corrected chi connectivity index (χ1v) is 4.05. The number of thiophene rings is 1. The van der Waals surface area contributed by atoms with Gasteiger partial charge in [0, 0.05) is 11.1 Å². The van der Waals surface area contributed by atoms with E-state index in [0.717, 1.165) is 5.69 Å². The second-order valence-electron chi connectivity index (χ2n) is 1.72. The van der Waals surface area contributed by atoms with E-state index in [1.54, 1.807) is 11.3 Å². The van der Waals surface area contributed by atoms with Crippen molar-refractivity contribution in [1.82, 2.24) is 0 Å². The number of rotatable bonds is 3. The van der Waals surface area contributed by atoms with Gasteiger partial charge in [0.15, 0.2) is 0 Å². The molecular formula is C6H6ClNOS. The van der Waals surface area contributed by atoms with E-state index in [-0.39, 0.29) is 11.8 Å². The summed E-state index contributed by atoms with van der Waals surface area (Å²) in [5.41, 5.74) is 0.944. The van der Waals surface area contributed by atoms with Crippen LogP contribution in [0.3, 0.4) is 0 Å². The zero-order chi connectivity index (χ0) is 7.40. The molecule has 10 heavy (non-hydrogen) atoms. The number of carbonyl (C=O) groups excluding carboxylic acids is 1. The van der Waals surface area contributed by atoms with Gasteiger partial charge in [0.25, 0.3) is 0 Å². The van der Waals surface area contributed by atoms with Crippen LogP contribution in [0, 0.1) is 0 Å². The Labute approximate surface area is 67.8 Å². The average molecular weight is 176 g/mol. The van der Waals surface area contributed by atoms with Gasteiger partial charge in [-0.15, -0.1) is 0 Å². The summed E-state index contributed by atoms with van der Waals surface area (Å²) >= 11 is 6.67. The van der Waals surface area contributed by atoms with Crippen molar-refractivity contribution in [2.75, 3.05) is 11.9 Å². The van der Waals surface area contributed by atoms with Gasteiger partial charge in [0.1, 0.15) is 0 Å². The van der Waals surface area contributed by atoms with E-state index in [4.69, 9.17) is 11.6 Å². The molecule has 1 N–H and O–H groups in total. The monoisotopic (exact) mass is 175 g/mol. The van der Waals surface area contributed by atoms with Crippen molar-refractivity contribution in [3.8, 4) is 0 Å². The van der Waals surface area contributed by atoms with Crippen LogP contribution in [0.2, 0.25) is 0 Å². The highest BCUT2D eigenvalue weighted by Gasteiger charge is 1.94. The predicted molar refractivity (Wildman–Crippen MR) is 43.7 cm³/mol. The van der Waals surface area contributed by atoms with Gasteiger partial charge in [0.05, 0.1) is 6.54 Å². The maximum atomic E-state index is 10.2. The second-order valence-corrected chi connectivity index (χ2v) is 2.92. The number of halogens is 1. The lowest BCUT2D eigenvalue weighted by Gasteiger charge is -1.95. The summed E-state index contributed by atoms with van der Waals surface area (Å²) in [5.74, 6) is 0. The van der Waals surface area contributed by atoms with Gasteiger partial charge in [-0.2, -0.15) is 11.3 Å². The Morgan fingerprint density at radius 1 is 1.80 bits per heavy atom.